The van der Waals surface area contributed by atoms with Gasteiger partial charge in [0.2, 0.25) is 0 Å². The maximum atomic E-state index is 12.5. The van der Waals surface area contributed by atoms with E-state index in [1.807, 2.05) is 18.2 Å². The minimum Gasteiger partial charge on any atom is -0.343 e. The Kier molecular flexibility index (Phi) is 3.59. The summed E-state index contributed by atoms with van der Waals surface area (Å²) in [7, 11) is 0. The second-order valence-electron chi connectivity index (χ2n) is 6.55. The summed E-state index contributed by atoms with van der Waals surface area (Å²) in [6, 6.07) is 8.33. The van der Waals surface area contributed by atoms with Crippen LogP contribution in [-0.4, -0.2) is 25.7 Å². The molecule has 1 aliphatic carbocycles. The molecule has 0 bridgehead atoms. The Morgan fingerprint density at radius 2 is 2.17 bits per heavy atom. The minimum atomic E-state index is -0.128. The standard InChI is InChI=1S/C18H21N5O/c1-11(2)23-15-9-4-3-7-14(15)20-16(23)10-19-18(24)17-12-6-5-8-13(12)21-22-17/h3-4,7,9,11H,5-6,8,10H2,1-2H3,(H,19,24)(H,21,22). The molecule has 0 fully saturated rings. The molecular formula is C18H21N5O. The first kappa shape index (κ1) is 14.9. The molecule has 0 radical (unpaired) electrons. The van der Waals surface area contributed by atoms with Crippen molar-refractivity contribution < 1.29 is 4.79 Å². The van der Waals surface area contributed by atoms with Gasteiger partial charge in [0.15, 0.2) is 5.69 Å². The maximum Gasteiger partial charge on any atom is 0.272 e. The number of hydrogen-bond acceptors (Lipinski definition) is 3. The van der Waals surface area contributed by atoms with Gasteiger partial charge in [0.1, 0.15) is 5.82 Å². The average Bonchev–Trinajstić information content (AvgIpc) is 3.25. The zero-order valence-electron chi connectivity index (χ0n) is 14.0. The lowest BCUT2D eigenvalue weighted by molar-refractivity contribution is 0.0943. The fourth-order valence-electron chi connectivity index (χ4n) is 3.55. The summed E-state index contributed by atoms with van der Waals surface area (Å²) in [5, 5.41) is 10.2. The summed E-state index contributed by atoms with van der Waals surface area (Å²) in [6.45, 7) is 4.65. The van der Waals surface area contributed by atoms with Gasteiger partial charge < -0.3 is 9.88 Å². The van der Waals surface area contributed by atoms with Gasteiger partial charge in [-0.3, -0.25) is 9.89 Å². The number of rotatable bonds is 4. The van der Waals surface area contributed by atoms with Crippen molar-refractivity contribution in [2.45, 2.75) is 45.7 Å². The van der Waals surface area contributed by atoms with Crippen molar-refractivity contribution in [3.05, 3.63) is 47.0 Å². The minimum absolute atomic E-state index is 0.128. The summed E-state index contributed by atoms with van der Waals surface area (Å²) in [5.74, 6) is 0.739. The van der Waals surface area contributed by atoms with E-state index >= 15 is 0 Å². The number of carbonyl (C=O) groups is 1. The normalized spacial score (nSPS) is 13.6. The number of hydrogen-bond donors (Lipinski definition) is 2. The molecule has 124 valence electrons. The van der Waals surface area contributed by atoms with Gasteiger partial charge in [-0.2, -0.15) is 5.10 Å². The van der Waals surface area contributed by atoms with Crippen LogP contribution in [0.1, 0.15) is 53.9 Å². The topological polar surface area (TPSA) is 75.6 Å². The van der Waals surface area contributed by atoms with Crippen LogP contribution in [-0.2, 0) is 19.4 Å². The van der Waals surface area contributed by atoms with Gasteiger partial charge in [-0.15, -0.1) is 0 Å². The zero-order chi connectivity index (χ0) is 16.7. The average molecular weight is 323 g/mol. The summed E-state index contributed by atoms with van der Waals surface area (Å²) in [4.78, 5) is 17.2. The van der Waals surface area contributed by atoms with E-state index in [9.17, 15) is 4.79 Å². The van der Waals surface area contributed by atoms with Gasteiger partial charge in [-0.25, -0.2) is 4.98 Å². The van der Waals surface area contributed by atoms with Gasteiger partial charge in [0, 0.05) is 17.3 Å². The number of imidazole rings is 1. The summed E-state index contributed by atoms with van der Waals surface area (Å²) >= 11 is 0. The van der Waals surface area contributed by atoms with Crippen LogP contribution in [0.3, 0.4) is 0 Å². The van der Waals surface area contributed by atoms with E-state index in [0.717, 1.165) is 47.4 Å². The number of nitrogens with one attached hydrogen (secondary N) is 2. The number of amides is 1. The molecule has 0 saturated heterocycles. The molecule has 6 heteroatoms. The molecule has 0 atom stereocenters. The molecule has 1 aliphatic rings. The number of nitrogens with zero attached hydrogens (tertiary/aromatic N) is 3. The number of aryl methyl sites for hydroxylation is 1. The molecule has 1 amide bonds. The van der Waals surface area contributed by atoms with Gasteiger partial charge in [-0.1, -0.05) is 12.1 Å². The maximum absolute atomic E-state index is 12.5. The number of fused-ring (bicyclic) bond motifs is 2. The SMILES string of the molecule is CC(C)n1c(CNC(=O)c2n[nH]c3c2CCC3)nc2ccccc21. The second-order valence-corrected chi connectivity index (χ2v) is 6.55. The highest BCUT2D eigenvalue weighted by molar-refractivity contribution is 5.94. The van der Waals surface area contributed by atoms with Crippen molar-refractivity contribution in [1.29, 1.82) is 0 Å². The van der Waals surface area contributed by atoms with E-state index in [0.29, 0.717) is 12.2 Å². The number of carbonyl (C=O) groups excluding carboxylic acids is 1. The molecular weight excluding hydrogens is 302 g/mol. The highest BCUT2D eigenvalue weighted by Gasteiger charge is 2.23. The van der Waals surface area contributed by atoms with Crippen molar-refractivity contribution in [2.24, 2.45) is 0 Å². The van der Waals surface area contributed by atoms with E-state index in [1.165, 1.54) is 0 Å². The van der Waals surface area contributed by atoms with Crippen molar-refractivity contribution in [1.82, 2.24) is 25.1 Å². The largest absolute Gasteiger partial charge is 0.343 e. The molecule has 6 nitrogen and oxygen atoms in total. The van der Waals surface area contributed by atoms with Crippen molar-refractivity contribution >= 4 is 16.9 Å². The summed E-state index contributed by atoms with van der Waals surface area (Å²) in [5.41, 5.74) is 4.77. The number of para-hydroxylation sites is 2. The molecule has 0 spiro atoms. The molecule has 4 rings (SSSR count). The zero-order valence-corrected chi connectivity index (χ0v) is 14.0. The van der Waals surface area contributed by atoms with E-state index in [2.05, 4.69) is 45.0 Å². The molecule has 2 heterocycles. The van der Waals surface area contributed by atoms with Crippen molar-refractivity contribution in [2.75, 3.05) is 0 Å². The van der Waals surface area contributed by atoms with E-state index in [4.69, 9.17) is 0 Å². The molecule has 0 unspecified atom stereocenters. The lowest BCUT2D eigenvalue weighted by atomic mass is 10.2. The van der Waals surface area contributed by atoms with Crippen LogP contribution in [0.25, 0.3) is 11.0 Å². The van der Waals surface area contributed by atoms with Gasteiger partial charge in [-0.05, 0) is 45.2 Å². The molecule has 2 N–H and O–H groups in total. The van der Waals surface area contributed by atoms with Crippen LogP contribution in [0, 0.1) is 0 Å². The Morgan fingerprint density at radius 1 is 1.33 bits per heavy atom. The summed E-state index contributed by atoms with van der Waals surface area (Å²) < 4.78 is 2.17. The number of aromatic amines is 1. The second kappa shape index (κ2) is 5.78. The monoisotopic (exact) mass is 323 g/mol. The molecule has 1 aromatic carbocycles. The highest BCUT2D eigenvalue weighted by Crippen LogP contribution is 2.23. The third-order valence-electron chi connectivity index (χ3n) is 4.61. The predicted molar refractivity (Wildman–Crippen MR) is 91.9 cm³/mol. The van der Waals surface area contributed by atoms with E-state index in [1.54, 1.807) is 0 Å². The first-order valence-electron chi connectivity index (χ1n) is 8.45. The smallest absolute Gasteiger partial charge is 0.272 e. The van der Waals surface area contributed by atoms with Gasteiger partial charge >= 0.3 is 0 Å². The van der Waals surface area contributed by atoms with Crippen LogP contribution in [0.5, 0.6) is 0 Å². The Labute approximate surface area is 140 Å². The molecule has 0 aliphatic heterocycles. The third kappa shape index (κ3) is 2.38. The van der Waals surface area contributed by atoms with Gasteiger partial charge in [0.05, 0.1) is 17.6 Å². The van der Waals surface area contributed by atoms with Crippen LogP contribution in [0.15, 0.2) is 24.3 Å². The number of aromatic nitrogens is 4. The fraction of sp³-hybridized carbons (Fsp3) is 0.389. The Bertz CT molecular complexity index is 905. The Hall–Kier alpha value is -2.63. The molecule has 24 heavy (non-hydrogen) atoms. The third-order valence-corrected chi connectivity index (χ3v) is 4.61. The van der Waals surface area contributed by atoms with E-state index in [-0.39, 0.29) is 11.9 Å². The van der Waals surface area contributed by atoms with Gasteiger partial charge in [0.25, 0.3) is 5.91 Å². The Balaban J connectivity index is 1.58. The lowest BCUT2D eigenvalue weighted by Crippen LogP contribution is -2.26. The molecule has 3 aromatic rings. The van der Waals surface area contributed by atoms with Crippen LogP contribution < -0.4 is 5.32 Å². The first-order valence-corrected chi connectivity index (χ1v) is 8.45. The summed E-state index contributed by atoms with van der Waals surface area (Å²) in [6.07, 6.45) is 3.00. The first-order chi connectivity index (χ1) is 11.6. The fourth-order valence-corrected chi connectivity index (χ4v) is 3.55. The Morgan fingerprint density at radius 3 is 3.00 bits per heavy atom. The molecule has 2 aromatic heterocycles. The van der Waals surface area contributed by atoms with E-state index < -0.39 is 0 Å². The predicted octanol–water partition coefficient (Wildman–Crippen LogP) is 2.76. The quantitative estimate of drug-likeness (QED) is 0.775. The van der Waals surface area contributed by atoms with Crippen LogP contribution in [0.2, 0.25) is 0 Å². The van der Waals surface area contributed by atoms with Crippen molar-refractivity contribution in [3.8, 4) is 0 Å². The highest BCUT2D eigenvalue weighted by atomic mass is 16.1. The number of benzene rings is 1. The van der Waals surface area contributed by atoms with Crippen molar-refractivity contribution in [3.63, 3.8) is 0 Å². The lowest BCUT2D eigenvalue weighted by Gasteiger charge is -2.13. The van der Waals surface area contributed by atoms with Crippen LogP contribution in [0.4, 0.5) is 0 Å². The van der Waals surface area contributed by atoms with Crippen LogP contribution >= 0.6 is 0 Å². The molecule has 0 saturated carbocycles. The number of H-pyrrole nitrogens is 1.